The SMILES string of the molecule is CCCCCCCC(=O)OCc1c(CO)cnc(C)c1O. The number of unbranched alkanes of at least 4 members (excludes halogenated alkanes) is 4. The zero-order valence-corrected chi connectivity index (χ0v) is 12.9. The van der Waals surface area contributed by atoms with Crippen LogP contribution in [-0.2, 0) is 22.7 Å². The highest BCUT2D eigenvalue weighted by Gasteiger charge is 2.13. The monoisotopic (exact) mass is 295 g/mol. The molecule has 21 heavy (non-hydrogen) atoms. The first-order chi connectivity index (χ1) is 10.1. The van der Waals surface area contributed by atoms with Gasteiger partial charge >= 0.3 is 5.97 Å². The first kappa shape index (κ1) is 17.4. The molecule has 1 aromatic heterocycles. The number of pyridine rings is 1. The van der Waals surface area contributed by atoms with Gasteiger partial charge in [-0.3, -0.25) is 9.78 Å². The summed E-state index contributed by atoms with van der Waals surface area (Å²) in [5.41, 5.74) is 1.37. The third-order valence-electron chi connectivity index (χ3n) is 3.46. The predicted octanol–water partition coefficient (Wildman–Crippen LogP) is 2.99. The Morgan fingerprint density at radius 2 is 2.00 bits per heavy atom. The molecule has 0 aliphatic heterocycles. The summed E-state index contributed by atoms with van der Waals surface area (Å²) < 4.78 is 5.18. The molecular weight excluding hydrogens is 270 g/mol. The van der Waals surface area contributed by atoms with E-state index in [0.29, 0.717) is 23.2 Å². The van der Waals surface area contributed by atoms with Crippen LogP contribution in [0.25, 0.3) is 0 Å². The van der Waals surface area contributed by atoms with Crippen LogP contribution in [0.5, 0.6) is 5.75 Å². The molecular formula is C16H25NO4. The lowest BCUT2D eigenvalue weighted by atomic mass is 10.1. The van der Waals surface area contributed by atoms with Gasteiger partial charge in [0, 0.05) is 23.7 Å². The predicted molar refractivity (Wildman–Crippen MR) is 79.7 cm³/mol. The number of rotatable bonds is 9. The number of hydrogen-bond donors (Lipinski definition) is 2. The van der Waals surface area contributed by atoms with Gasteiger partial charge in [-0.2, -0.15) is 0 Å². The van der Waals surface area contributed by atoms with Crippen molar-refractivity contribution in [3.05, 3.63) is 23.0 Å². The summed E-state index contributed by atoms with van der Waals surface area (Å²) in [5.74, 6) is -0.290. The fourth-order valence-corrected chi connectivity index (χ4v) is 2.08. The van der Waals surface area contributed by atoms with Crippen molar-refractivity contribution in [2.24, 2.45) is 0 Å². The van der Waals surface area contributed by atoms with Crippen LogP contribution in [0.4, 0.5) is 0 Å². The molecule has 118 valence electrons. The van der Waals surface area contributed by atoms with E-state index in [1.54, 1.807) is 6.92 Å². The molecule has 5 heteroatoms. The van der Waals surface area contributed by atoms with Crippen LogP contribution < -0.4 is 0 Å². The van der Waals surface area contributed by atoms with Crippen molar-refractivity contribution in [3.8, 4) is 5.75 Å². The molecule has 0 amide bonds. The van der Waals surface area contributed by atoms with Gasteiger partial charge in [0.1, 0.15) is 12.4 Å². The Balaban J connectivity index is 2.44. The van der Waals surface area contributed by atoms with Gasteiger partial charge in [0.2, 0.25) is 0 Å². The number of nitrogens with zero attached hydrogens (tertiary/aromatic N) is 1. The second kappa shape index (κ2) is 9.34. The third-order valence-corrected chi connectivity index (χ3v) is 3.46. The highest BCUT2D eigenvalue weighted by molar-refractivity contribution is 5.69. The van der Waals surface area contributed by atoms with Crippen molar-refractivity contribution in [2.75, 3.05) is 0 Å². The van der Waals surface area contributed by atoms with E-state index >= 15 is 0 Å². The number of esters is 1. The molecule has 0 radical (unpaired) electrons. The minimum Gasteiger partial charge on any atom is -0.506 e. The van der Waals surface area contributed by atoms with Crippen molar-refractivity contribution < 1.29 is 19.7 Å². The molecule has 0 fully saturated rings. The lowest BCUT2D eigenvalue weighted by molar-refractivity contribution is -0.145. The van der Waals surface area contributed by atoms with Gasteiger partial charge in [-0.1, -0.05) is 32.6 Å². The second-order valence-electron chi connectivity index (χ2n) is 5.18. The highest BCUT2D eigenvalue weighted by Crippen LogP contribution is 2.24. The molecule has 0 aliphatic carbocycles. The van der Waals surface area contributed by atoms with Gasteiger partial charge in [-0.05, 0) is 13.3 Å². The molecule has 0 unspecified atom stereocenters. The topological polar surface area (TPSA) is 79.7 Å². The fraction of sp³-hybridized carbons (Fsp3) is 0.625. The number of aliphatic hydroxyl groups excluding tert-OH is 1. The maximum absolute atomic E-state index is 11.7. The maximum Gasteiger partial charge on any atom is 0.306 e. The lowest BCUT2D eigenvalue weighted by Gasteiger charge is -2.11. The van der Waals surface area contributed by atoms with Gasteiger partial charge in [0.25, 0.3) is 0 Å². The van der Waals surface area contributed by atoms with E-state index in [4.69, 9.17) is 4.74 Å². The molecule has 5 nitrogen and oxygen atoms in total. The van der Waals surface area contributed by atoms with E-state index in [9.17, 15) is 15.0 Å². The van der Waals surface area contributed by atoms with Crippen molar-refractivity contribution in [3.63, 3.8) is 0 Å². The quantitative estimate of drug-likeness (QED) is 0.541. The summed E-state index contributed by atoms with van der Waals surface area (Å²) in [6, 6.07) is 0. The van der Waals surface area contributed by atoms with Crippen molar-refractivity contribution in [2.45, 2.75) is 65.6 Å². The molecule has 0 saturated heterocycles. The Labute approximate surface area is 126 Å². The highest BCUT2D eigenvalue weighted by atomic mass is 16.5. The van der Waals surface area contributed by atoms with Crippen LogP contribution >= 0.6 is 0 Å². The Morgan fingerprint density at radius 3 is 2.67 bits per heavy atom. The van der Waals surface area contributed by atoms with Crippen molar-refractivity contribution in [1.29, 1.82) is 0 Å². The first-order valence-electron chi connectivity index (χ1n) is 7.53. The van der Waals surface area contributed by atoms with Crippen molar-refractivity contribution >= 4 is 5.97 Å². The Morgan fingerprint density at radius 1 is 1.29 bits per heavy atom. The lowest BCUT2D eigenvalue weighted by Crippen LogP contribution is -2.07. The average molecular weight is 295 g/mol. The van der Waals surface area contributed by atoms with Crippen LogP contribution in [-0.4, -0.2) is 21.2 Å². The van der Waals surface area contributed by atoms with Gasteiger partial charge in [-0.25, -0.2) is 0 Å². The molecule has 0 bridgehead atoms. The largest absolute Gasteiger partial charge is 0.506 e. The molecule has 0 saturated carbocycles. The fourth-order valence-electron chi connectivity index (χ4n) is 2.08. The minimum atomic E-state index is -0.274. The van der Waals surface area contributed by atoms with Crippen molar-refractivity contribution in [1.82, 2.24) is 4.98 Å². The summed E-state index contributed by atoms with van der Waals surface area (Å²) >= 11 is 0. The summed E-state index contributed by atoms with van der Waals surface area (Å²) in [6.45, 7) is 3.54. The van der Waals surface area contributed by atoms with E-state index < -0.39 is 0 Å². The summed E-state index contributed by atoms with van der Waals surface area (Å²) in [6.07, 6.45) is 7.25. The van der Waals surface area contributed by atoms with Gasteiger partial charge in [0.15, 0.2) is 0 Å². The van der Waals surface area contributed by atoms with E-state index in [1.807, 2.05) is 0 Å². The number of carbonyl (C=O) groups is 1. The first-order valence-corrected chi connectivity index (χ1v) is 7.53. The van der Waals surface area contributed by atoms with E-state index in [2.05, 4.69) is 11.9 Å². The maximum atomic E-state index is 11.7. The molecule has 0 atom stereocenters. The van der Waals surface area contributed by atoms with Gasteiger partial charge in [0.05, 0.1) is 12.3 Å². The molecule has 1 rings (SSSR count). The molecule has 2 N–H and O–H groups in total. The van der Waals surface area contributed by atoms with Crippen LogP contribution in [0, 0.1) is 6.92 Å². The third kappa shape index (κ3) is 5.71. The van der Waals surface area contributed by atoms with Crippen LogP contribution in [0.15, 0.2) is 6.20 Å². The number of hydrogen-bond acceptors (Lipinski definition) is 5. The van der Waals surface area contributed by atoms with Crippen LogP contribution in [0.2, 0.25) is 0 Å². The standard InChI is InChI=1S/C16H25NO4/c1-3-4-5-6-7-8-15(19)21-11-14-13(10-18)9-17-12(2)16(14)20/h9,18,20H,3-8,10-11H2,1-2H3. The zero-order chi connectivity index (χ0) is 15.7. The molecule has 1 aromatic rings. The van der Waals surface area contributed by atoms with E-state index in [1.165, 1.54) is 19.0 Å². The second-order valence-corrected chi connectivity index (χ2v) is 5.18. The van der Waals surface area contributed by atoms with E-state index in [-0.39, 0.29) is 24.9 Å². The molecule has 0 aromatic carbocycles. The Hall–Kier alpha value is -1.62. The normalized spacial score (nSPS) is 10.6. The zero-order valence-electron chi connectivity index (χ0n) is 12.9. The Bertz CT molecular complexity index is 460. The molecule has 1 heterocycles. The number of carbonyl (C=O) groups excluding carboxylic acids is 1. The number of aryl methyl sites for hydroxylation is 1. The minimum absolute atomic E-state index is 0.0164. The smallest absolute Gasteiger partial charge is 0.306 e. The molecule has 0 aliphatic rings. The van der Waals surface area contributed by atoms with Crippen LogP contribution in [0.1, 0.15) is 62.3 Å². The Kier molecular flexibility index (Phi) is 7.75. The summed E-state index contributed by atoms with van der Waals surface area (Å²) in [7, 11) is 0. The van der Waals surface area contributed by atoms with Gasteiger partial charge < -0.3 is 14.9 Å². The summed E-state index contributed by atoms with van der Waals surface area (Å²) in [4.78, 5) is 15.6. The number of ether oxygens (including phenoxy) is 1. The van der Waals surface area contributed by atoms with Gasteiger partial charge in [-0.15, -0.1) is 0 Å². The van der Waals surface area contributed by atoms with Crippen LogP contribution in [0.3, 0.4) is 0 Å². The number of aromatic nitrogens is 1. The number of aromatic hydroxyl groups is 1. The molecule has 0 spiro atoms. The number of aliphatic hydroxyl groups is 1. The summed E-state index contributed by atoms with van der Waals surface area (Å²) in [5, 5.41) is 19.2. The van der Waals surface area contributed by atoms with E-state index in [0.717, 1.165) is 19.3 Å². The average Bonchev–Trinajstić information content (AvgIpc) is 2.48.